The van der Waals surface area contributed by atoms with Crippen LogP contribution in [-0.2, 0) is 16.4 Å². The zero-order valence-corrected chi connectivity index (χ0v) is 18.5. The largest absolute Gasteiger partial charge is 0.341 e. The first kappa shape index (κ1) is 23.5. The minimum atomic E-state index is -4.01. The van der Waals surface area contributed by atoms with Crippen molar-refractivity contribution < 1.29 is 30.8 Å². The molecule has 2 amide bonds. The Labute approximate surface area is 189 Å². The van der Waals surface area contributed by atoms with Gasteiger partial charge in [0.2, 0.25) is 10.0 Å². The summed E-state index contributed by atoms with van der Waals surface area (Å²) in [5.74, 6) is -4.87. The van der Waals surface area contributed by atoms with E-state index >= 15 is 4.39 Å². The fourth-order valence-corrected chi connectivity index (χ4v) is 5.79. The zero-order valence-electron chi connectivity index (χ0n) is 17.7. The standard InChI is InChI=1S/C22H23F4N3O3S/c1-27-21(30)29-12-22(25,26)20(28-33(31,32)16-8-9-16)18(29)11-14-5-3-7-17(19(14)24)13-4-2-6-15(23)10-13/h2-7,10,16,18,20,28H,8-9,11-12H2,1H3,(H,27,30)/t18-,20+/m0/s1. The Balaban J connectivity index is 1.71. The third-order valence-electron chi connectivity index (χ3n) is 5.99. The maximum Gasteiger partial charge on any atom is 0.317 e. The normalized spacial score (nSPS) is 22.4. The lowest BCUT2D eigenvalue weighted by atomic mass is 9.95. The molecule has 1 saturated carbocycles. The van der Waals surface area contributed by atoms with Gasteiger partial charge in [0.15, 0.2) is 0 Å². The summed E-state index contributed by atoms with van der Waals surface area (Å²) in [6, 6.07) is 5.52. The maximum atomic E-state index is 15.4. The zero-order chi connectivity index (χ0) is 24.0. The SMILES string of the molecule is CNC(=O)N1CC(F)(F)[C@H](NS(=O)(=O)C2CC2)[C@@H]1Cc1cccc(-c2cccc(F)c2)c1F. The molecule has 0 unspecified atom stereocenters. The first-order chi connectivity index (χ1) is 15.5. The van der Waals surface area contributed by atoms with Crippen LogP contribution in [0.1, 0.15) is 18.4 Å². The summed E-state index contributed by atoms with van der Waals surface area (Å²) < 4.78 is 85.9. The van der Waals surface area contributed by atoms with Crippen LogP contribution >= 0.6 is 0 Å². The Morgan fingerprint density at radius 1 is 1.15 bits per heavy atom. The quantitative estimate of drug-likeness (QED) is 0.617. The van der Waals surface area contributed by atoms with E-state index in [0.29, 0.717) is 12.8 Å². The third kappa shape index (κ3) is 4.70. The average molecular weight is 486 g/mol. The molecule has 0 radical (unpaired) electrons. The molecule has 2 atom stereocenters. The van der Waals surface area contributed by atoms with Crippen molar-refractivity contribution in [2.45, 2.75) is 42.5 Å². The first-order valence-corrected chi connectivity index (χ1v) is 12.0. The molecule has 1 heterocycles. The van der Waals surface area contributed by atoms with Crippen molar-refractivity contribution >= 4 is 16.1 Å². The number of sulfonamides is 1. The van der Waals surface area contributed by atoms with Gasteiger partial charge in [-0.05, 0) is 42.5 Å². The molecule has 6 nitrogen and oxygen atoms in total. The van der Waals surface area contributed by atoms with Gasteiger partial charge in [-0.3, -0.25) is 0 Å². The van der Waals surface area contributed by atoms with E-state index in [-0.39, 0.29) is 23.1 Å². The number of nitrogens with zero attached hydrogens (tertiary/aromatic N) is 1. The number of likely N-dealkylation sites (tertiary alicyclic amines) is 1. The Hall–Kier alpha value is -2.66. The Morgan fingerprint density at radius 2 is 1.85 bits per heavy atom. The second-order valence-corrected chi connectivity index (χ2v) is 10.3. The fraction of sp³-hybridized carbons (Fsp3) is 0.409. The summed E-state index contributed by atoms with van der Waals surface area (Å²) in [6.07, 6.45) is 0.388. The summed E-state index contributed by atoms with van der Waals surface area (Å²) in [4.78, 5) is 13.2. The molecular weight excluding hydrogens is 462 g/mol. The van der Waals surface area contributed by atoms with Gasteiger partial charge in [0, 0.05) is 12.6 Å². The van der Waals surface area contributed by atoms with E-state index in [1.54, 1.807) is 0 Å². The second kappa shape index (κ2) is 8.60. The number of amides is 2. The highest BCUT2D eigenvalue weighted by molar-refractivity contribution is 7.90. The van der Waals surface area contributed by atoms with Gasteiger partial charge in [0.05, 0.1) is 17.8 Å². The predicted octanol–water partition coefficient (Wildman–Crippen LogP) is 3.28. The number of carbonyl (C=O) groups excluding carboxylic acids is 1. The van der Waals surface area contributed by atoms with Gasteiger partial charge >= 0.3 is 6.03 Å². The van der Waals surface area contributed by atoms with Gasteiger partial charge in [-0.15, -0.1) is 0 Å². The monoisotopic (exact) mass is 485 g/mol. The summed E-state index contributed by atoms with van der Waals surface area (Å²) in [5, 5.41) is 1.54. The molecule has 11 heteroatoms. The number of benzene rings is 2. The van der Waals surface area contributed by atoms with E-state index in [0.717, 1.165) is 11.0 Å². The van der Waals surface area contributed by atoms with Crippen LogP contribution < -0.4 is 10.0 Å². The molecule has 33 heavy (non-hydrogen) atoms. The van der Waals surface area contributed by atoms with Crippen LogP contribution in [0.2, 0.25) is 0 Å². The van der Waals surface area contributed by atoms with Crippen LogP contribution in [0.4, 0.5) is 22.4 Å². The number of nitrogens with one attached hydrogen (secondary N) is 2. The molecule has 1 aliphatic heterocycles. The number of carbonyl (C=O) groups is 1. The Bertz CT molecular complexity index is 1170. The van der Waals surface area contributed by atoms with Crippen LogP contribution in [0.25, 0.3) is 11.1 Å². The highest BCUT2D eigenvalue weighted by Crippen LogP contribution is 2.38. The molecule has 2 N–H and O–H groups in total. The van der Waals surface area contributed by atoms with Crippen molar-refractivity contribution in [1.82, 2.24) is 14.9 Å². The molecule has 2 aromatic rings. The third-order valence-corrected chi connectivity index (χ3v) is 7.93. The van der Waals surface area contributed by atoms with Gasteiger partial charge < -0.3 is 10.2 Å². The highest BCUT2D eigenvalue weighted by atomic mass is 32.2. The molecular formula is C22H23F4N3O3S. The summed E-state index contributed by atoms with van der Waals surface area (Å²) in [6.45, 7) is -1.01. The van der Waals surface area contributed by atoms with E-state index in [1.165, 1.54) is 43.4 Å². The van der Waals surface area contributed by atoms with Crippen LogP contribution in [-0.4, -0.2) is 56.2 Å². The molecule has 1 aliphatic carbocycles. The number of alkyl halides is 2. The van der Waals surface area contributed by atoms with Crippen molar-refractivity contribution in [3.8, 4) is 11.1 Å². The fourth-order valence-electron chi connectivity index (χ4n) is 4.16. The van der Waals surface area contributed by atoms with Gasteiger partial charge in [-0.25, -0.2) is 35.5 Å². The van der Waals surface area contributed by atoms with E-state index in [4.69, 9.17) is 0 Å². The smallest absolute Gasteiger partial charge is 0.317 e. The number of hydrogen-bond acceptors (Lipinski definition) is 3. The van der Waals surface area contributed by atoms with E-state index in [1.807, 2.05) is 0 Å². The Morgan fingerprint density at radius 3 is 2.48 bits per heavy atom. The predicted molar refractivity (Wildman–Crippen MR) is 114 cm³/mol. The second-order valence-electron chi connectivity index (χ2n) is 8.34. The van der Waals surface area contributed by atoms with Gasteiger partial charge in [0.1, 0.15) is 17.7 Å². The van der Waals surface area contributed by atoms with E-state index in [2.05, 4.69) is 10.0 Å². The molecule has 2 aromatic carbocycles. The molecule has 4 rings (SSSR count). The number of urea groups is 1. The van der Waals surface area contributed by atoms with Crippen LogP contribution in [0.5, 0.6) is 0 Å². The van der Waals surface area contributed by atoms with Crippen LogP contribution in [0.3, 0.4) is 0 Å². The minimum Gasteiger partial charge on any atom is -0.341 e. The topological polar surface area (TPSA) is 78.5 Å². The van der Waals surface area contributed by atoms with Crippen molar-refractivity contribution in [3.05, 3.63) is 59.7 Å². The molecule has 0 aromatic heterocycles. The van der Waals surface area contributed by atoms with Crippen molar-refractivity contribution in [2.75, 3.05) is 13.6 Å². The van der Waals surface area contributed by atoms with Crippen molar-refractivity contribution in [2.24, 2.45) is 0 Å². The summed E-state index contributed by atoms with van der Waals surface area (Å²) in [5.41, 5.74) is 0.336. The van der Waals surface area contributed by atoms with Gasteiger partial charge in [-0.2, -0.15) is 0 Å². The summed E-state index contributed by atoms with van der Waals surface area (Å²) >= 11 is 0. The van der Waals surface area contributed by atoms with Gasteiger partial charge in [-0.1, -0.05) is 30.3 Å². The molecule has 0 spiro atoms. The van der Waals surface area contributed by atoms with Gasteiger partial charge in [0.25, 0.3) is 5.92 Å². The van der Waals surface area contributed by atoms with Crippen molar-refractivity contribution in [3.63, 3.8) is 0 Å². The molecule has 178 valence electrons. The first-order valence-electron chi connectivity index (χ1n) is 10.4. The molecule has 2 fully saturated rings. The maximum absolute atomic E-state index is 15.4. The van der Waals surface area contributed by atoms with E-state index in [9.17, 15) is 26.4 Å². The summed E-state index contributed by atoms with van der Waals surface area (Å²) in [7, 11) is -2.74. The number of halogens is 4. The number of rotatable bonds is 6. The molecule has 1 saturated heterocycles. The number of hydrogen-bond donors (Lipinski definition) is 2. The highest BCUT2D eigenvalue weighted by Gasteiger charge is 2.58. The lowest BCUT2D eigenvalue weighted by Crippen LogP contribution is -2.53. The molecule has 2 aliphatic rings. The average Bonchev–Trinajstić information content (AvgIpc) is 3.58. The van der Waals surface area contributed by atoms with Crippen molar-refractivity contribution in [1.29, 1.82) is 0 Å². The minimum absolute atomic E-state index is 0.00369. The van der Waals surface area contributed by atoms with E-state index < -0.39 is 57.5 Å². The molecule has 0 bridgehead atoms. The lowest BCUT2D eigenvalue weighted by Gasteiger charge is -2.28. The van der Waals surface area contributed by atoms with Crippen LogP contribution in [0, 0.1) is 11.6 Å². The Kier molecular flexibility index (Phi) is 6.12. The lowest BCUT2D eigenvalue weighted by molar-refractivity contribution is -0.00455. The van der Waals surface area contributed by atoms with Crippen LogP contribution in [0.15, 0.2) is 42.5 Å².